The van der Waals surface area contributed by atoms with Crippen molar-refractivity contribution in [3.8, 4) is 11.5 Å². The smallest absolute Gasteiger partial charge is 0.157 e. The first-order valence-electron chi connectivity index (χ1n) is 5.21. The maximum absolute atomic E-state index is 8.98. The fourth-order valence-corrected chi connectivity index (χ4v) is 1.13. The molecule has 1 aromatic carbocycles. The first kappa shape index (κ1) is 17.9. The number of benzene rings is 1. The number of phenols is 2. The number of halogens is 1. The van der Waals surface area contributed by atoms with Gasteiger partial charge in [0.15, 0.2) is 11.5 Å². The molecule has 0 aliphatic carbocycles. The lowest BCUT2D eigenvalue weighted by Crippen LogP contribution is -1.75. The molecule has 4 heteroatoms. The maximum atomic E-state index is 8.98. The van der Waals surface area contributed by atoms with Crippen molar-refractivity contribution in [2.45, 2.75) is 25.2 Å². The molecule has 0 saturated carbocycles. The van der Waals surface area contributed by atoms with Gasteiger partial charge in [0.25, 0.3) is 0 Å². The first-order valence-corrected chi connectivity index (χ1v) is 6.74. The van der Waals surface area contributed by atoms with Gasteiger partial charge in [-0.15, -0.1) is 0 Å². The number of phenolic OH excluding ortho intramolecular Hbond substituents is 2. The quantitative estimate of drug-likeness (QED) is 0.490. The Kier molecular flexibility index (Phi) is 14.1. The van der Waals surface area contributed by atoms with Gasteiger partial charge in [0.1, 0.15) is 0 Å². The monoisotopic (exact) mass is 340 g/mol. The third-order valence-corrected chi connectivity index (χ3v) is 2.36. The van der Waals surface area contributed by atoms with Gasteiger partial charge >= 0.3 is 0 Å². The highest BCUT2D eigenvalue weighted by Gasteiger charge is 1.97. The van der Waals surface area contributed by atoms with Crippen LogP contribution >= 0.6 is 22.6 Å². The molecule has 0 amide bonds. The predicted molar refractivity (Wildman–Crippen MR) is 76.4 cm³/mol. The summed E-state index contributed by atoms with van der Waals surface area (Å²) in [5.74, 6) is -0.109. The second kappa shape index (κ2) is 12.6. The lowest BCUT2D eigenvalue weighted by molar-refractivity contribution is 0.215. The minimum atomic E-state index is -0.0615. The van der Waals surface area contributed by atoms with Gasteiger partial charge in [-0.3, -0.25) is 0 Å². The minimum Gasteiger partial charge on any atom is -0.504 e. The second-order valence-corrected chi connectivity index (χ2v) is 3.30. The van der Waals surface area contributed by atoms with Crippen LogP contribution in [0.1, 0.15) is 26.3 Å². The summed E-state index contributed by atoms with van der Waals surface area (Å²) in [4.78, 5) is 0. The molecule has 0 bridgehead atoms. The molecule has 0 unspecified atom stereocenters. The molecule has 0 radical (unpaired) electrons. The van der Waals surface area contributed by atoms with E-state index in [9.17, 15) is 0 Å². The molecule has 3 nitrogen and oxygen atoms in total. The summed E-state index contributed by atoms with van der Waals surface area (Å²) in [6.45, 7) is 6.78. The Balaban J connectivity index is 0. The van der Waals surface area contributed by atoms with Gasteiger partial charge in [-0.2, -0.15) is 0 Å². The SMILES string of the molecule is CC.CCOC.Oc1ccc(CI)cc1O. The number of rotatable bonds is 2. The summed E-state index contributed by atoms with van der Waals surface area (Å²) >= 11 is 2.19. The average molecular weight is 340 g/mol. The van der Waals surface area contributed by atoms with Gasteiger partial charge < -0.3 is 14.9 Å². The number of ether oxygens (including phenoxy) is 1. The third kappa shape index (κ3) is 8.79. The van der Waals surface area contributed by atoms with E-state index in [1.807, 2.05) is 20.8 Å². The fraction of sp³-hybridized carbons (Fsp3) is 0.500. The van der Waals surface area contributed by atoms with E-state index in [1.54, 1.807) is 19.2 Å². The zero-order chi connectivity index (χ0) is 13.0. The van der Waals surface area contributed by atoms with Crippen LogP contribution in [0.25, 0.3) is 0 Å². The highest BCUT2D eigenvalue weighted by Crippen LogP contribution is 2.25. The number of methoxy groups -OCH3 is 1. The van der Waals surface area contributed by atoms with Crippen LogP contribution in [0.2, 0.25) is 0 Å². The largest absolute Gasteiger partial charge is 0.504 e. The van der Waals surface area contributed by atoms with Crippen molar-refractivity contribution in [2.24, 2.45) is 0 Å². The first-order chi connectivity index (χ1) is 7.65. The standard InChI is InChI=1S/C7H7IO2.C3H8O.C2H6/c8-4-5-1-2-6(9)7(10)3-5;1-3-4-2;1-2/h1-3,9-10H,4H2;3H2,1-2H3;1-2H3. The summed E-state index contributed by atoms with van der Waals surface area (Å²) in [5, 5.41) is 17.9. The molecule has 2 N–H and O–H groups in total. The highest BCUT2D eigenvalue weighted by atomic mass is 127. The van der Waals surface area contributed by atoms with E-state index in [0.717, 1.165) is 16.6 Å². The summed E-state index contributed by atoms with van der Waals surface area (Å²) in [6.07, 6.45) is 0. The molecule has 0 spiro atoms. The fourth-order valence-electron chi connectivity index (χ4n) is 0.652. The Bertz CT molecular complexity index is 262. The predicted octanol–water partition coefficient (Wildman–Crippen LogP) is 3.71. The van der Waals surface area contributed by atoms with Crippen LogP contribution in [0.4, 0.5) is 0 Å². The number of hydrogen-bond acceptors (Lipinski definition) is 3. The summed E-state index contributed by atoms with van der Waals surface area (Å²) in [5.41, 5.74) is 1.01. The molecule has 0 aliphatic heterocycles. The Morgan fingerprint density at radius 2 is 1.69 bits per heavy atom. The maximum Gasteiger partial charge on any atom is 0.157 e. The Hall–Kier alpha value is -0.490. The van der Waals surface area contributed by atoms with E-state index in [4.69, 9.17) is 10.2 Å². The van der Waals surface area contributed by atoms with Crippen LogP contribution in [-0.4, -0.2) is 23.9 Å². The van der Waals surface area contributed by atoms with E-state index in [0.29, 0.717) is 0 Å². The normalized spacial score (nSPS) is 8.31. The van der Waals surface area contributed by atoms with Crippen LogP contribution in [-0.2, 0) is 9.16 Å². The van der Waals surface area contributed by atoms with E-state index in [-0.39, 0.29) is 11.5 Å². The van der Waals surface area contributed by atoms with Crippen molar-refractivity contribution in [3.63, 3.8) is 0 Å². The molecule has 94 valence electrons. The van der Waals surface area contributed by atoms with E-state index < -0.39 is 0 Å². The van der Waals surface area contributed by atoms with Crippen molar-refractivity contribution in [1.29, 1.82) is 0 Å². The highest BCUT2D eigenvalue weighted by molar-refractivity contribution is 14.1. The zero-order valence-electron chi connectivity index (χ0n) is 10.3. The molecule has 1 aromatic rings. The van der Waals surface area contributed by atoms with Crippen LogP contribution in [0.3, 0.4) is 0 Å². The number of aromatic hydroxyl groups is 2. The summed E-state index contributed by atoms with van der Waals surface area (Å²) in [6, 6.07) is 4.83. The van der Waals surface area contributed by atoms with E-state index >= 15 is 0 Å². The van der Waals surface area contributed by atoms with Gasteiger partial charge in [-0.1, -0.05) is 42.5 Å². The molecule has 0 aromatic heterocycles. The van der Waals surface area contributed by atoms with Crippen molar-refractivity contribution >= 4 is 22.6 Å². The van der Waals surface area contributed by atoms with Crippen LogP contribution < -0.4 is 0 Å². The molecule has 0 saturated heterocycles. The average Bonchev–Trinajstić information content (AvgIpc) is 2.35. The number of hydrogen-bond donors (Lipinski definition) is 2. The van der Waals surface area contributed by atoms with Crippen LogP contribution in [0.15, 0.2) is 18.2 Å². The third-order valence-electron chi connectivity index (χ3n) is 1.48. The molecule has 0 fully saturated rings. The Morgan fingerprint density at radius 1 is 1.19 bits per heavy atom. The molecule has 16 heavy (non-hydrogen) atoms. The minimum absolute atomic E-state index is 0.0471. The van der Waals surface area contributed by atoms with Gasteiger partial charge in [0.05, 0.1) is 0 Å². The van der Waals surface area contributed by atoms with Crippen molar-refractivity contribution in [3.05, 3.63) is 23.8 Å². The second-order valence-electron chi connectivity index (χ2n) is 2.53. The van der Waals surface area contributed by atoms with Crippen molar-refractivity contribution < 1.29 is 14.9 Å². The molecule has 0 aliphatic rings. The molecular weight excluding hydrogens is 319 g/mol. The molecule has 1 rings (SSSR count). The lowest BCUT2D eigenvalue weighted by Gasteiger charge is -1.98. The zero-order valence-corrected chi connectivity index (χ0v) is 12.5. The number of alkyl halides is 1. The van der Waals surface area contributed by atoms with Crippen LogP contribution in [0, 0.1) is 0 Å². The molecular formula is C12H21IO3. The van der Waals surface area contributed by atoms with Crippen molar-refractivity contribution in [2.75, 3.05) is 13.7 Å². The topological polar surface area (TPSA) is 49.7 Å². The van der Waals surface area contributed by atoms with Gasteiger partial charge in [-0.25, -0.2) is 0 Å². The van der Waals surface area contributed by atoms with Gasteiger partial charge in [0, 0.05) is 18.1 Å². The summed E-state index contributed by atoms with van der Waals surface area (Å²) in [7, 11) is 1.68. The lowest BCUT2D eigenvalue weighted by atomic mass is 10.2. The van der Waals surface area contributed by atoms with Gasteiger partial charge in [0.2, 0.25) is 0 Å². The van der Waals surface area contributed by atoms with E-state index in [2.05, 4.69) is 27.3 Å². The Morgan fingerprint density at radius 3 is 2.00 bits per heavy atom. The Labute approximate surface area is 112 Å². The van der Waals surface area contributed by atoms with E-state index in [1.165, 1.54) is 6.07 Å². The van der Waals surface area contributed by atoms with Crippen LogP contribution in [0.5, 0.6) is 11.5 Å². The van der Waals surface area contributed by atoms with Gasteiger partial charge in [-0.05, 0) is 24.6 Å². The molecule has 0 atom stereocenters. The molecule has 0 heterocycles. The summed E-state index contributed by atoms with van der Waals surface area (Å²) < 4.78 is 5.38. The van der Waals surface area contributed by atoms with Crippen molar-refractivity contribution in [1.82, 2.24) is 0 Å².